The molecule has 0 spiro atoms. The molecule has 0 bridgehead atoms. The highest BCUT2D eigenvalue weighted by Crippen LogP contribution is 2.07. The van der Waals surface area contributed by atoms with E-state index in [2.05, 4.69) is 10.1 Å². The summed E-state index contributed by atoms with van der Waals surface area (Å²) >= 11 is 0. The molecule has 1 amide bonds. The van der Waals surface area contributed by atoms with Crippen LogP contribution in [0.15, 0.2) is 23.1 Å². The van der Waals surface area contributed by atoms with Crippen molar-refractivity contribution in [3.63, 3.8) is 0 Å². The number of carbonyl (C=O) groups excluding carboxylic acids is 2. The molecule has 22 heavy (non-hydrogen) atoms. The molecule has 1 heterocycles. The molecular weight excluding hydrogens is 288 g/mol. The van der Waals surface area contributed by atoms with E-state index in [0.29, 0.717) is 0 Å². The molecule has 0 aliphatic heterocycles. The van der Waals surface area contributed by atoms with Gasteiger partial charge in [0.05, 0.1) is 12.7 Å². The molecule has 1 unspecified atom stereocenters. The molecule has 0 saturated heterocycles. The minimum absolute atomic E-state index is 0.211. The number of rotatable bonds is 4. The van der Waals surface area contributed by atoms with Gasteiger partial charge in [-0.15, -0.1) is 0 Å². The van der Waals surface area contributed by atoms with Gasteiger partial charge >= 0.3 is 12.1 Å². The fourth-order valence-electron chi connectivity index (χ4n) is 1.76. The highest BCUT2D eigenvalue weighted by atomic mass is 16.6. The Labute approximate surface area is 129 Å². The zero-order valence-corrected chi connectivity index (χ0v) is 13.5. The van der Waals surface area contributed by atoms with E-state index in [1.807, 2.05) is 0 Å². The Hall–Kier alpha value is -2.31. The van der Waals surface area contributed by atoms with Gasteiger partial charge in [0.15, 0.2) is 0 Å². The van der Waals surface area contributed by atoms with Gasteiger partial charge in [-0.05, 0) is 33.8 Å². The Morgan fingerprint density at radius 3 is 2.50 bits per heavy atom. The molecule has 1 aromatic heterocycles. The van der Waals surface area contributed by atoms with Gasteiger partial charge in [0.2, 0.25) is 0 Å². The first kappa shape index (κ1) is 17.7. The Morgan fingerprint density at radius 2 is 1.95 bits per heavy atom. The number of aromatic nitrogens is 1. The van der Waals surface area contributed by atoms with E-state index in [0.717, 1.165) is 0 Å². The monoisotopic (exact) mass is 310 g/mol. The number of pyridine rings is 1. The predicted octanol–water partition coefficient (Wildman–Crippen LogP) is 1.55. The van der Waals surface area contributed by atoms with Crippen molar-refractivity contribution in [2.24, 2.45) is 0 Å². The van der Waals surface area contributed by atoms with E-state index >= 15 is 0 Å². The summed E-state index contributed by atoms with van der Waals surface area (Å²) in [5.74, 6) is -0.526. The van der Waals surface area contributed by atoms with Crippen molar-refractivity contribution in [3.05, 3.63) is 34.2 Å². The fourth-order valence-corrected chi connectivity index (χ4v) is 1.76. The largest absolute Gasteiger partial charge is 0.465 e. The summed E-state index contributed by atoms with van der Waals surface area (Å²) in [6, 6.07) is 2.34. The van der Waals surface area contributed by atoms with Crippen LogP contribution < -0.4 is 10.9 Å². The van der Waals surface area contributed by atoms with Crippen molar-refractivity contribution in [2.45, 2.75) is 45.9 Å². The maximum Gasteiger partial charge on any atom is 0.407 e. The number of nitrogens with zero attached hydrogens (tertiary/aromatic N) is 1. The standard InChI is InChI=1S/C15H22N2O5/c1-10(16-14(20)22-15(2,3)4)8-17-9-11(13(19)21-5)6-7-12(17)18/h6-7,9-10H,8H2,1-5H3,(H,16,20). The molecule has 0 aliphatic rings. The molecule has 122 valence electrons. The average molecular weight is 310 g/mol. The number of ether oxygens (including phenoxy) is 2. The zero-order valence-electron chi connectivity index (χ0n) is 13.5. The number of nitrogens with one attached hydrogen (secondary N) is 1. The summed E-state index contributed by atoms with van der Waals surface area (Å²) in [5, 5.41) is 2.64. The van der Waals surface area contributed by atoms with E-state index in [1.54, 1.807) is 27.7 Å². The number of hydrogen-bond donors (Lipinski definition) is 1. The van der Waals surface area contributed by atoms with Crippen LogP contribution in [0.2, 0.25) is 0 Å². The zero-order chi connectivity index (χ0) is 16.9. The van der Waals surface area contributed by atoms with Crippen molar-refractivity contribution >= 4 is 12.1 Å². The van der Waals surface area contributed by atoms with Crippen LogP contribution in [0.4, 0.5) is 4.79 Å². The lowest BCUT2D eigenvalue weighted by molar-refractivity contribution is 0.0502. The van der Waals surface area contributed by atoms with Crippen LogP contribution in [0.3, 0.4) is 0 Å². The van der Waals surface area contributed by atoms with Crippen molar-refractivity contribution in [1.82, 2.24) is 9.88 Å². The van der Waals surface area contributed by atoms with Crippen molar-refractivity contribution < 1.29 is 19.1 Å². The lowest BCUT2D eigenvalue weighted by Crippen LogP contribution is -2.41. The van der Waals surface area contributed by atoms with Crippen molar-refractivity contribution in [1.29, 1.82) is 0 Å². The quantitative estimate of drug-likeness (QED) is 0.853. The molecule has 0 radical (unpaired) electrons. The molecule has 0 fully saturated rings. The Balaban J connectivity index is 2.75. The number of alkyl carbamates (subject to hydrolysis) is 1. The number of amides is 1. The maximum atomic E-state index is 11.8. The summed E-state index contributed by atoms with van der Waals surface area (Å²) in [4.78, 5) is 34.9. The minimum Gasteiger partial charge on any atom is -0.465 e. The number of carbonyl (C=O) groups is 2. The molecule has 7 nitrogen and oxygen atoms in total. The summed E-state index contributed by atoms with van der Waals surface area (Å²) in [7, 11) is 1.27. The third-order valence-corrected chi connectivity index (χ3v) is 2.64. The average Bonchev–Trinajstić information content (AvgIpc) is 2.37. The number of hydrogen-bond acceptors (Lipinski definition) is 5. The molecule has 0 saturated carbocycles. The molecule has 7 heteroatoms. The first-order valence-electron chi connectivity index (χ1n) is 6.90. The third kappa shape index (κ3) is 5.59. The van der Waals surface area contributed by atoms with E-state index in [-0.39, 0.29) is 23.7 Å². The third-order valence-electron chi connectivity index (χ3n) is 2.64. The van der Waals surface area contributed by atoms with Crippen LogP contribution in [0.1, 0.15) is 38.1 Å². The fraction of sp³-hybridized carbons (Fsp3) is 0.533. The summed E-state index contributed by atoms with van der Waals surface area (Å²) in [6.45, 7) is 7.24. The number of methoxy groups -OCH3 is 1. The van der Waals surface area contributed by atoms with Gasteiger partial charge < -0.3 is 19.4 Å². The Kier molecular flexibility index (Phi) is 5.73. The van der Waals surface area contributed by atoms with Crippen LogP contribution in [0.5, 0.6) is 0 Å². The second-order valence-corrected chi connectivity index (χ2v) is 5.95. The molecule has 1 N–H and O–H groups in total. The van der Waals surface area contributed by atoms with Gasteiger partial charge in [0, 0.05) is 24.8 Å². The van der Waals surface area contributed by atoms with Crippen LogP contribution >= 0.6 is 0 Å². The van der Waals surface area contributed by atoms with E-state index in [9.17, 15) is 14.4 Å². The van der Waals surface area contributed by atoms with E-state index in [1.165, 1.54) is 30.0 Å². The van der Waals surface area contributed by atoms with Gasteiger partial charge in [-0.2, -0.15) is 0 Å². The summed E-state index contributed by atoms with van der Waals surface area (Å²) < 4.78 is 11.1. The Bertz CT molecular complexity index is 601. The predicted molar refractivity (Wildman–Crippen MR) is 80.9 cm³/mol. The molecule has 0 aliphatic carbocycles. The van der Waals surface area contributed by atoms with Crippen LogP contribution in [-0.2, 0) is 16.0 Å². The maximum absolute atomic E-state index is 11.8. The van der Waals surface area contributed by atoms with Crippen LogP contribution in [-0.4, -0.2) is 35.4 Å². The smallest absolute Gasteiger partial charge is 0.407 e. The van der Waals surface area contributed by atoms with Gasteiger partial charge in [-0.3, -0.25) is 4.79 Å². The van der Waals surface area contributed by atoms with E-state index in [4.69, 9.17) is 4.74 Å². The highest BCUT2D eigenvalue weighted by molar-refractivity contribution is 5.88. The summed E-state index contributed by atoms with van der Waals surface area (Å²) in [5.41, 5.74) is -0.595. The number of esters is 1. The minimum atomic E-state index is -0.592. The van der Waals surface area contributed by atoms with Gasteiger partial charge in [0.1, 0.15) is 5.60 Å². The molecule has 0 aromatic carbocycles. The molecular formula is C15H22N2O5. The first-order chi connectivity index (χ1) is 10.1. The van der Waals surface area contributed by atoms with Gasteiger partial charge in [0.25, 0.3) is 5.56 Å². The topological polar surface area (TPSA) is 86.6 Å². The second kappa shape index (κ2) is 7.11. The normalized spacial score (nSPS) is 12.4. The molecule has 1 rings (SSSR count). The molecule has 1 aromatic rings. The van der Waals surface area contributed by atoms with E-state index < -0.39 is 17.7 Å². The van der Waals surface area contributed by atoms with Gasteiger partial charge in [-0.25, -0.2) is 9.59 Å². The summed E-state index contributed by atoms with van der Waals surface area (Å²) in [6.07, 6.45) is 0.846. The highest BCUT2D eigenvalue weighted by Gasteiger charge is 2.18. The van der Waals surface area contributed by atoms with Crippen molar-refractivity contribution in [3.8, 4) is 0 Å². The van der Waals surface area contributed by atoms with Gasteiger partial charge in [-0.1, -0.05) is 0 Å². The second-order valence-electron chi connectivity index (χ2n) is 5.95. The lowest BCUT2D eigenvalue weighted by Gasteiger charge is -2.22. The SMILES string of the molecule is COC(=O)c1ccc(=O)n(CC(C)NC(=O)OC(C)(C)C)c1. The molecule has 1 atom stereocenters. The Morgan fingerprint density at radius 1 is 1.32 bits per heavy atom. The lowest BCUT2D eigenvalue weighted by atomic mass is 10.2. The first-order valence-corrected chi connectivity index (χ1v) is 6.90. The van der Waals surface area contributed by atoms with Crippen LogP contribution in [0, 0.1) is 0 Å². The van der Waals surface area contributed by atoms with Crippen molar-refractivity contribution in [2.75, 3.05) is 7.11 Å². The van der Waals surface area contributed by atoms with Crippen LogP contribution in [0.25, 0.3) is 0 Å².